The third-order valence-electron chi connectivity index (χ3n) is 5.47. The first-order chi connectivity index (χ1) is 14.5. The molecule has 1 unspecified atom stereocenters. The summed E-state index contributed by atoms with van der Waals surface area (Å²) in [6, 6.07) is 7.63. The Balaban J connectivity index is 1.58. The Morgan fingerprint density at radius 2 is 2.17 bits per heavy atom. The largest absolute Gasteiger partial charge is 0.397 e. The van der Waals surface area contributed by atoms with Gasteiger partial charge >= 0.3 is 0 Å². The highest BCUT2D eigenvalue weighted by Crippen LogP contribution is 2.23. The average molecular weight is 409 g/mol. The van der Waals surface area contributed by atoms with E-state index < -0.39 is 6.67 Å². The second kappa shape index (κ2) is 8.71. The van der Waals surface area contributed by atoms with E-state index >= 15 is 0 Å². The van der Waals surface area contributed by atoms with E-state index in [9.17, 15) is 4.39 Å². The summed E-state index contributed by atoms with van der Waals surface area (Å²) in [7, 11) is 0. The zero-order chi connectivity index (χ0) is 21.1. The van der Waals surface area contributed by atoms with Crippen molar-refractivity contribution in [3.05, 3.63) is 53.6 Å². The smallest absolute Gasteiger partial charge is 0.184 e. The summed E-state index contributed by atoms with van der Waals surface area (Å²) in [5.41, 5.74) is 15.7. The molecule has 2 aromatic heterocycles. The maximum atomic E-state index is 12.4. The minimum absolute atomic E-state index is 0.139. The summed E-state index contributed by atoms with van der Waals surface area (Å²) >= 11 is 0. The zero-order valence-corrected chi connectivity index (χ0v) is 16.9. The van der Waals surface area contributed by atoms with Gasteiger partial charge in [-0.05, 0) is 31.0 Å². The average Bonchev–Trinajstić information content (AvgIpc) is 2.95. The SMILES string of the molecule is N=C(c1cccc(N2CCCCC(N)C2)n1)c1cc(C2=C[N+](CCF)=C2)ncc1N. The van der Waals surface area contributed by atoms with E-state index in [0.29, 0.717) is 29.2 Å². The molecule has 156 valence electrons. The predicted octanol–water partition coefficient (Wildman–Crippen LogP) is 2.20. The van der Waals surface area contributed by atoms with Crippen LogP contribution in [0.4, 0.5) is 15.9 Å². The van der Waals surface area contributed by atoms with Crippen LogP contribution in [0.25, 0.3) is 5.57 Å². The third-order valence-corrected chi connectivity index (χ3v) is 5.47. The molecule has 2 aliphatic rings. The molecule has 0 radical (unpaired) electrons. The lowest BCUT2D eigenvalue weighted by molar-refractivity contribution is -0.459. The van der Waals surface area contributed by atoms with Crippen LogP contribution in [0.3, 0.4) is 0 Å². The van der Waals surface area contributed by atoms with E-state index in [0.717, 1.165) is 43.7 Å². The van der Waals surface area contributed by atoms with Gasteiger partial charge < -0.3 is 16.4 Å². The number of aromatic nitrogens is 2. The van der Waals surface area contributed by atoms with E-state index in [4.69, 9.17) is 21.9 Å². The first-order valence-corrected chi connectivity index (χ1v) is 10.3. The van der Waals surface area contributed by atoms with Crippen LogP contribution in [0.5, 0.6) is 0 Å². The van der Waals surface area contributed by atoms with E-state index in [1.165, 1.54) is 0 Å². The highest BCUT2D eigenvalue weighted by Gasteiger charge is 2.22. The molecule has 4 heterocycles. The standard InChI is InChI=1S/C22H27FN7/c23-7-9-29-12-15(13-29)20-10-17(18(25)11-27-20)22(26)19-5-3-6-21(28-19)30-8-2-1-4-16(24)14-30/h3,5-6,10-13,16,26H,1-2,4,7-9,14,24-25H2/q+1. The van der Waals surface area contributed by atoms with Gasteiger partial charge in [0.15, 0.2) is 19.0 Å². The number of allylic oxidation sites excluding steroid dienone is 1. The second-order valence-corrected chi connectivity index (χ2v) is 7.76. The number of nitrogens with two attached hydrogens (primary N) is 2. The third kappa shape index (κ3) is 4.23. The Morgan fingerprint density at radius 1 is 1.33 bits per heavy atom. The fourth-order valence-electron chi connectivity index (χ4n) is 3.80. The van der Waals surface area contributed by atoms with Crippen molar-refractivity contribution in [2.24, 2.45) is 5.73 Å². The van der Waals surface area contributed by atoms with Crippen LogP contribution in [0, 0.1) is 5.41 Å². The van der Waals surface area contributed by atoms with Crippen molar-refractivity contribution in [3.8, 4) is 0 Å². The van der Waals surface area contributed by atoms with Crippen molar-refractivity contribution in [1.82, 2.24) is 9.97 Å². The number of hydrogen-bond acceptors (Lipinski definition) is 6. The molecule has 1 atom stereocenters. The van der Waals surface area contributed by atoms with Gasteiger partial charge in [0.2, 0.25) is 0 Å². The van der Waals surface area contributed by atoms with Crippen LogP contribution < -0.4 is 16.4 Å². The van der Waals surface area contributed by atoms with Gasteiger partial charge in [0, 0.05) is 24.7 Å². The van der Waals surface area contributed by atoms with Crippen LogP contribution in [-0.4, -0.2) is 58.8 Å². The molecule has 5 N–H and O–H groups in total. The lowest BCUT2D eigenvalue weighted by atomic mass is 10.0. The van der Waals surface area contributed by atoms with Gasteiger partial charge in [-0.25, -0.2) is 13.9 Å². The number of nitrogens with one attached hydrogen (secondary N) is 1. The molecule has 1 fully saturated rings. The summed E-state index contributed by atoms with van der Waals surface area (Å²) in [5.74, 6) is 0.833. The van der Waals surface area contributed by atoms with Gasteiger partial charge in [0.25, 0.3) is 0 Å². The number of nitrogen functional groups attached to an aromatic ring is 1. The van der Waals surface area contributed by atoms with Gasteiger partial charge in [-0.2, -0.15) is 0 Å². The molecule has 2 aromatic rings. The minimum atomic E-state index is -0.407. The molecule has 7 nitrogen and oxygen atoms in total. The molecule has 0 amide bonds. The zero-order valence-electron chi connectivity index (χ0n) is 16.9. The van der Waals surface area contributed by atoms with Crippen LogP contribution in [-0.2, 0) is 0 Å². The Bertz CT molecular complexity index is 1010. The monoisotopic (exact) mass is 408 g/mol. The highest BCUT2D eigenvalue weighted by molar-refractivity contribution is 6.15. The molecule has 4 rings (SSSR count). The number of hydrogen-bond donors (Lipinski definition) is 3. The highest BCUT2D eigenvalue weighted by atomic mass is 19.1. The van der Waals surface area contributed by atoms with Gasteiger partial charge in [-0.1, -0.05) is 12.5 Å². The van der Waals surface area contributed by atoms with E-state index in [1.807, 2.05) is 30.6 Å². The van der Waals surface area contributed by atoms with Crippen LogP contribution in [0.15, 0.2) is 36.7 Å². The number of anilines is 2. The van der Waals surface area contributed by atoms with Crippen LogP contribution >= 0.6 is 0 Å². The normalized spacial score (nSPS) is 18.9. The van der Waals surface area contributed by atoms with Gasteiger partial charge in [0.1, 0.15) is 18.1 Å². The fourth-order valence-corrected chi connectivity index (χ4v) is 3.80. The van der Waals surface area contributed by atoms with Crippen molar-refractivity contribution >= 4 is 29.0 Å². The topological polar surface area (TPSA) is 108 Å². The number of alkyl halides is 1. The van der Waals surface area contributed by atoms with Gasteiger partial charge in [-0.15, -0.1) is 0 Å². The van der Waals surface area contributed by atoms with Crippen molar-refractivity contribution in [1.29, 1.82) is 5.41 Å². The van der Waals surface area contributed by atoms with Gasteiger partial charge in [-0.3, -0.25) is 10.4 Å². The molecule has 0 spiro atoms. The number of rotatable bonds is 6. The molecular formula is C22H27FN7+. The summed E-state index contributed by atoms with van der Waals surface area (Å²) in [6.07, 6.45) is 8.48. The van der Waals surface area contributed by atoms with Crippen LogP contribution in [0.2, 0.25) is 0 Å². The Kier molecular flexibility index (Phi) is 5.85. The maximum absolute atomic E-state index is 12.4. The molecule has 1 saturated heterocycles. The molecule has 8 heteroatoms. The molecule has 0 aliphatic carbocycles. The Morgan fingerprint density at radius 3 is 2.97 bits per heavy atom. The van der Waals surface area contributed by atoms with Crippen molar-refractivity contribution < 1.29 is 8.97 Å². The Hall–Kier alpha value is -3.13. The maximum Gasteiger partial charge on any atom is 0.184 e. The summed E-state index contributed by atoms with van der Waals surface area (Å²) < 4.78 is 14.2. The first kappa shape index (κ1) is 20.2. The van der Waals surface area contributed by atoms with Gasteiger partial charge in [0.05, 0.1) is 29.0 Å². The van der Waals surface area contributed by atoms with E-state index in [-0.39, 0.29) is 11.8 Å². The molecule has 30 heavy (non-hydrogen) atoms. The summed E-state index contributed by atoms with van der Waals surface area (Å²) in [4.78, 5) is 11.3. The minimum Gasteiger partial charge on any atom is -0.397 e. The number of halogens is 1. The first-order valence-electron chi connectivity index (χ1n) is 10.3. The lowest BCUT2D eigenvalue weighted by Crippen LogP contribution is -2.36. The number of pyridine rings is 2. The van der Waals surface area contributed by atoms with E-state index in [2.05, 4.69) is 9.88 Å². The number of nitrogens with zero attached hydrogens (tertiary/aromatic N) is 4. The fraction of sp³-hybridized carbons (Fsp3) is 0.364. The summed E-state index contributed by atoms with van der Waals surface area (Å²) in [5, 5.41) is 8.72. The second-order valence-electron chi connectivity index (χ2n) is 7.76. The van der Waals surface area contributed by atoms with Crippen molar-refractivity contribution in [2.45, 2.75) is 25.3 Å². The molecule has 0 aromatic carbocycles. The van der Waals surface area contributed by atoms with E-state index in [1.54, 1.807) is 16.8 Å². The quantitative estimate of drug-likeness (QED) is 0.502. The summed E-state index contributed by atoms with van der Waals surface area (Å²) in [6.45, 7) is 1.61. The Labute approximate surface area is 175 Å². The lowest BCUT2D eigenvalue weighted by Gasteiger charge is -2.24. The molecular weight excluding hydrogens is 381 g/mol. The predicted molar refractivity (Wildman–Crippen MR) is 118 cm³/mol. The van der Waals surface area contributed by atoms with Crippen LogP contribution in [0.1, 0.15) is 36.2 Å². The van der Waals surface area contributed by atoms with Crippen molar-refractivity contribution in [2.75, 3.05) is 36.9 Å². The molecule has 0 bridgehead atoms. The molecule has 2 aliphatic heterocycles. The molecule has 0 saturated carbocycles. The van der Waals surface area contributed by atoms with Crippen molar-refractivity contribution in [3.63, 3.8) is 0 Å².